The van der Waals surface area contributed by atoms with Gasteiger partial charge in [-0.25, -0.2) is 4.98 Å². The van der Waals surface area contributed by atoms with Gasteiger partial charge in [-0.1, -0.05) is 0 Å². The summed E-state index contributed by atoms with van der Waals surface area (Å²) in [6.07, 6.45) is 0. The molecule has 0 aliphatic carbocycles. The first kappa shape index (κ1) is 13.1. The number of anilines is 1. The molecule has 2 aromatic heterocycles. The summed E-state index contributed by atoms with van der Waals surface area (Å²) in [5, 5.41) is 0. The Kier molecular flexibility index (Phi) is 3.28. The molecule has 0 aliphatic heterocycles. The molecular weight excluding hydrogens is 246 g/mol. The molecule has 1 unspecified atom stereocenters. The van der Waals surface area contributed by atoms with Gasteiger partial charge >= 0.3 is 0 Å². The number of pyridine rings is 1. The number of rotatable bonds is 3. The highest BCUT2D eigenvalue weighted by Crippen LogP contribution is 2.24. The Morgan fingerprint density at radius 2 is 2.11 bits per heavy atom. The van der Waals surface area contributed by atoms with Gasteiger partial charge in [0.15, 0.2) is 5.65 Å². The molecule has 0 radical (unpaired) electrons. The number of ether oxygens (including phenoxy) is 1. The second-order valence-electron chi connectivity index (χ2n) is 4.44. The van der Waals surface area contributed by atoms with Gasteiger partial charge in [-0.2, -0.15) is 4.98 Å². The molecule has 0 spiro atoms. The highest BCUT2D eigenvalue weighted by Gasteiger charge is 2.22. The number of aromatic nitrogens is 3. The van der Waals surface area contributed by atoms with E-state index in [0.717, 1.165) is 0 Å². The van der Waals surface area contributed by atoms with Gasteiger partial charge in [0.05, 0.1) is 7.11 Å². The summed E-state index contributed by atoms with van der Waals surface area (Å²) in [7, 11) is 4.93. The van der Waals surface area contributed by atoms with Crippen molar-refractivity contribution in [1.29, 1.82) is 0 Å². The first-order valence-corrected chi connectivity index (χ1v) is 5.85. The highest BCUT2D eigenvalue weighted by atomic mass is 16.5. The van der Waals surface area contributed by atoms with Crippen molar-refractivity contribution in [2.24, 2.45) is 0 Å². The molecule has 2 N–H and O–H groups in total. The van der Waals surface area contributed by atoms with Crippen molar-refractivity contribution >= 4 is 23.0 Å². The number of fused-ring (bicyclic) bond motifs is 1. The van der Waals surface area contributed by atoms with Crippen LogP contribution >= 0.6 is 0 Å². The Morgan fingerprint density at radius 3 is 2.68 bits per heavy atom. The van der Waals surface area contributed by atoms with E-state index in [0.29, 0.717) is 17.0 Å². The maximum atomic E-state index is 12.1. The van der Waals surface area contributed by atoms with E-state index in [1.807, 2.05) is 0 Å². The largest absolute Gasteiger partial charge is 0.481 e. The van der Waals surface area contributed by atoms with Crippen molar-refractivity contribution in [3.63, 3.8) is 0 Å². The van der Waals surface area contributed by atoms with Crippen molar-refractivity contribution in [1.82, 2.24) is 19.4 Å². The van der Waals surface area contributed by atoms with E-state index in [-0.39, 0.29) is 11.9 Å². The third kappa shape index (κ3) is 2.18. The Hall–Kier alpha value is -2.31. The van der Waals surface area contributed by atoms with Crippen molar-refractivity contribution in [3.8, 4) is 5.88 Å². The van der Waals surface area contributed by atoms with Crippen LogP contribution in [0.1, 0.15) is 13.0 Å². The molecule has 2 aromatic rings. The zero-order valence-corrected chi connectivity index (χ0v) is 11.4. The normalized spacial score (nSPS) is 12.4. The summed E-state index contributed by atoms with van der Waals surface area (Å²) in [5.41, 5.74) is 7.06. The van der Waals surface area contributed by atoms with Crippen LogP contribution < -0.4 is 10.5 Å². The third-order valence-corrected chi connectivity index (χ3v) is 2.93. The smallest absolute Gasteiger partial charge is 0.245 e. The summed E-state index contributed by atoms with van der Waals surface area (Å²) in [5.74, 6) is 0.646. The third-order valence-electron chi connectivity index (χ3n) is 2.93. The van der Waals surface area contributed by atoms with Gasteiger partial charge in [0.2, 0.25) is 17.7 Å². The van der Waals surface area contributed by atoms with Gasteiger partial charge in [0.25, 0.3) is 0 Å². The molecule has 1 amide bonds. The predicted molar refractivity (Wildman–Crippen MR) is 71.9 cm³/mol. The minimum Gasteiger partial charge on any atom is -0.481 e. The summed E-state index contributed by atoms with van der Waals surface area (Å²) >= 11 is 0. The maximum Gasteiger partial charge on any atom is 0.245 e. The number of likely N-dealkylation sites (N-methyl/N-ethyl adjacent to an activating group) is 1. The van der Waals surface area contributed by atoms with E-state index >= 15 is 0 Å². The van der Waals surface area contributed by atoms with Crippen LogP contribution in [0.15, 0.2) is 12.1 Å². The lowest BCUT2D eigenvalue weighted by Gasteiger charge is -2.19. The number of hydrogen-bond donors (Lipinski definition) is 1. The maximum absolute atomic E-state index is 12.1. The van der Waals surface area contributed by atoms with Gasteiger partial charge in [-0.15, -0.1) is 0 Å². The Balaban J connectivity index is 2.58. The fourth-order valence-corrected chi connectivity index (χ4v) is 1.95. The lowest BCUT2D eigenvalue weighted by atomic mass is 10.3. The number of imidazole rings is 1. The fourth-order valence-electron chi connectivity index (χ4n) is 1.95. The van der Waals surface area contributed by atoms with Crippen molar-refractivity contribution in [2.45, 2.75) is 13.0 Å². The SMILES string of the molecule is COc1ccc2nc(N)n(C(C)C(=O)N(C)C)c2n1. The van der Waals surface area contributed by atoms with Crippen LogP contribution in [-0.2, 0) is 4.79 Å². The van der Waals surface area contributed by atoms with Crippen LogP contribution in [0.5, 0.6) is 5.88 Å². The van der Waals surface area contributed by atoms with E-state index in [9.17, 15) is 4.79 Å². The first-order valence-electron chi connectivity index (χ1n) is 5.85. The van der Waals surface area contributed by atoms with Crippen molar-refractivity contribution in [3.05, 3.63) is 12.1 Å². The molecule has 102 valence electrons. The molecule has 2 rings (SSSR count). The summed E-state index contributed by atoms with van der Waals surface area (Å²) < 4.78 is 6.70. The molecule has 0 bridgehead atoms. The van der Waals surface area contributed by atoms with Crippen LogP contribution in [0.25, 0.3) is 11.2 Å². The molecule has 19 heavy (non-hydrogen) atoms. The van der Waals surface area contributed by atoms with Crippen LogP contribution in [0.3, 0.4) is 0 Å². The molecule has 2 heterocycles. The molecule has 0 aromatic carbocycles. The lowest BCUT2D eigenvalue weighted by Crippen LogP contribution is -2.30. The number of nitrogen functional groups attached to an aromatic ring is 1. The topological polar surface area (TPSA) is 86.3 Å². The van der Waals surface area contributed by atoms with Gasteiger partial charge in [0, 0.05) is 20.2 Å². The predicted octanol–water partition coefficient (Wildman–Crippen LogP) is 0.671. The zero-order valence-electron chi connectivity index (χ0n) is 11.4. The molecule has 0 aliphatic rings. The number of methoxy groups -OCH3 is 1. The standard InChI is InChI=1S/C12H17N5O2/c1-7(11(18)16(2)3)17-10-8(14-12(17)13)5-6-9(15-10)19-4/h5-7H,1-4H3,(H2,13,14). The van der Waals surface area contributed by atoms with Crippen LogP contribution in [-0.4, -0.2) is 46.5 Å². The molecule has 0 fully saturated rings. The van der Waals surface area contributed by atoms with Crippen LogP contribution in [0.4, 0.5) is 5.95 Å². The first-order chi connectivity index (χ1) is 8.95. The Labute approximate surface area is 111 Å². The van der Waals surface area contributed by atoms with E-state index in [2.05, 4.69) is 9.97 Å². The average Bonchev–Trinajstić information content (AvgIpc) is 2.71. The number of hydrogen-bond acceptors (Lipinski definition) is 5. The summed E-state index contributed by atoms with van der Waals surface area (Å²) in [4.78, 5) is 22.1. The zero-order chi connectivity index (χ0) is 14.2. The van der Waals surface area contributed by atoms with Crippen LogP contribution in [0, 0.1) is 0 Å². The number of carbonyl (C=O) groups is 1. The van der Waals surface area contributed by atoms with Crippen LogP contribution in [0.2, 0.25) is 0 Å². The lowest BCUT2D eigenvalue weighted by molar-refractivity contribution is -0.131. The summed E-state index contributed by atoms with van der Waals surface area (Å²) in [6.45, 7) is 1.76. The average molecular weight is 263 g/mol. The molecular formula is C12H17N5O2. The van der Waals surface area contributed by atoms with E-state index in [1.54, 1.807) is 37.7 Å². The Morgan fingerprint density at radius 1 is 1.42 bits per heavy atom. The summed E-state index contributed by atoms with van der Waals surface area (Å²) in [6, 6.07) is 3.00. The number of amides is 1. The molecule has 0 saturated carbocycles. The van der Waals surface area contributed by atoms with Gasteiger partial charge in [0.1, 0.15) is 11.6 Å². The number of nitrogens with zero attached hydrogens (tertiary/aromatic N) is 4. The minimum absolute atomic E-state index is 0.0735. The molecule has 7 heteroatoms. The van der Waals surface area contributed by atoms with Gasteiger partial charge in [-0.05, 0) is 13.0 Å². The van der Waals surface area contributed by atoms with Gasteiger partial charge < -0.3 is 15.4 Å². The monoisotopic (exact) mass is 263 g/mol. The number of nitrogens with two attached hydrogens (primary N) is 1. The molecule has 0 saturated heterocycles. The minimum atomic E-state index is -0.473. The molecule has 7 nitrogen and oxygen atoms in total. The van der Waals surface area contributed by atoms with Crippen molar-refractivity contribution < 1.29 is 9.53 Å². The Bertz CT molecular complexity index is 620. The van der Waals surface area contributed by atoms with E-state index < -0.39 is 6.04 Å². The second kappa shape index (κ2) is 4.75. The molecule has 1 atom stereocenters. The van der Waals surface area contributed by atoms with E-state index in [1.165, 1.54) is 12.0 Å². The quantitative estimate of drug-likeness (QED) is 0.879. The number of carbonyl (C=O) groups excluding carboxylic acids is 1. The highest BCUT2D eigenvalue weighted by molar-refractivity contribution is 5.83. The van der Waals surface area contributed by atoms with E-state index in [4.69, 9.17) is 10.5 Å². The second-order valence-corrected chi connectivity index (χ2v) is 4.44. The fraction of sp³-hybridized carbons (Fsp3) is 0.417. The van der Waals surface area contributed by atoms with Crippen molar-refractivity contribution in [2.75, 3.05) is 26.9 Å². The van der Waals surface area contributed by atoms with Gasteiger partial charge in [-0.3, -0.25) is 9.36 Å².